The van der Waals surface area contributed by atoms with E-state index in [1.807, 2.05) is 7.05 Å². The molecule has 6 heteroatoms. The molecule has 150 valence electrons. The second-order valence-electron chi connectivity index (χ2n) is 8.47. The van der Waals surface area contributed by atoms with Crippen LogP contribution in [0.4, 0.5) is 0 Å². The number of carbonyl (C=O) groups excluding carboxylic acids is 2. The average molecular weight is 386 g/mol. The van der Waals surface area contributed by atoms with Crippen LogP contribution >= 0.6 is 12.4 Å². The highest BCUT2D eigenvalue weighted by molar-refractivity contribution is 5.85. The lowest BCUT2D eigenvalue weighted by Crippen LogP contribution is -2.42. The molecule has 1 heterocycles. The lowest BCUT2D eigenvalue weighted by atomic mass is 9.85. The van der Waals surface area contributed by atoms with E-state index in [0.29, 0.717) is 24.2 Å². The van der Waals surface area contributed by atoms with E-state index in [4.69, 9.17) is 0 Å². The molecular formula is C20H36ClN3O2. The van der Waals surface area contributed by atoms with Gasteiger partial charge in [-0.2, -0.15) is 0 Å². The number of carbonyl (C=O) groups is 2. The minimum absolute atomic E-state index is 0. The Bertz CT molecular complexity index is 460. The van der Waals surface area contributed by atoms with Gasteiger partial charge in [0.1, 0.15) is 0 Å². The number of hydrogen-bond acceptors (Lipinski definition) is 3. The van der Waals surface area contributed by atoms with Gasteiger partial charge in [0.15, 0.2) is 0 Å². The predicted molar refractivity (Wildman–Crippen MR) is 106 cm³/mol. The van der Waals surface area contributed by atoms with Gasteiger partial charge in [0.2, 0.25) is 11.8 Å². The monoisotopic (exact) mass is 385 g/mol. The van der Waals surface area contributed by atoms with Crippen LogP contribution in [0.3, 0.4) is 0 Å². The molecule has 0 radical (unpaired) electrons. The molecule has 0 aromatic carbocycles. The van der Waals surface area contributed by atoms with Crippen LogP contribution in [0.25, 0.3) is 0 Å². The molecule has 2 saturated carbocycles. The third-order valence-corrected chi connectivity index (χ3v) is 6.48. The Labute approximate surface area is 164 Å². The Morgan fingerprint density at radius 1 is 0.962 bits per heavy atom. The summed E-state index contributed by atoms with van der Waals surface area (Å²) < 4.78 is 0. The van der Waals surface area contributed by atoms with Gasteiger partial charge in [0, 0.05) is 31.5 Å². The largest absolute Gasteiger partial charge is 0.353 e. The van der Waals surface area contributed by atoms with Crippen molar-refractivity contribution >= 4 is 24.2 Å². The Morgan fingerprint density at radius 3 is 2.31 bits per heavy atom. The second-order valence-corrected chi connectivity index (χ2v) is 8.47. The molecule has 0 bridgehead atoms. The van der Waals surface area contributed by atoms with Crippen LogP contribution in [0.1, 0.15) is 64.2 Å². The molecule has 0 spiro atoms. The fourth-order valence-electron chi connectivity index (χ4n) is 4.99. The van der Waals surface area contributed by atoms with Crippen molar-refractivity contribution in [3.05, 3.63) is 0 Å². The first-order chi connectivity index (χ1) is 12.2. The summed E-state index contributed by atoms with van der Waals surface area (Å²) in [6, 6.07) is 0.286. The maximum Gasteiger partial charge on any atom is 0.225 e. The lowest BCUT2D eigenvalue weighted by Gasteiger charge is -2.31. The fraction of sp³-hybridized carbons (Fsp3) is 0.900. The van der Waals surface area contributed by atoms with E-state index >= 15 is 0 Å². The van der Waals surface area contributed by atoms with Crippen molar-refractivity contribution in [2.75, 3.05) is 26.7 Å². The summed E-state index contributed by atoms with van der Waals surface area (Å²) in [5.41, 5.74) is 0. The highest BCUT2D eigenvalue weighted by Gasteiger charge is 2.33. The molecule has 1 aliphatic heterocycles. The van der Waals surface area contributed by atoms with Gasteiger partial charge in [-0.05, 0) is 70.4 Å². The second kappa shape index (κ2) is 10.5. The van der Waals surface area contributed by atoms with Crippen LogP contribution < -0.4 is 10.6 Å². The molecule has 3 aliphatic rings. The quantitative estimate of drug-likeness (QED) is 0.739. The maximum atomic E-state index is 12.7. The molecule has 0 aromatic rings. The molecule has 0 aromatic heterocycles. The minimum atomic E-state index is 0. The summed E-state index contributed by atoms with van der Waals surface area (Å²) in [6.45, 7) is 2.84. The van der Waals surface area contributed by atoms with Gasteiger partial charge >= 0.3 is 0 Å². The highest BCUT2D eigenvalue weighted by atomic mass is 35.5. The van der Waals surface area contributed by atoms with Crippen molar-refractivity contribution in [1.29, 1.82) is 0 Å². The van der Waals surface area contributed by atoms with Gasteiger partial charge in [0.25, 0.3) is 0 Å². The van der Waals surface area contributed by atoms with Gasteiger partial charge in [-0.1, -0.05) is 12.8 Å². The van der Waals surface area contributed by atoms with Crippen LogP contribution in [0, 0.1) is 17.8 Å². The number of halogens is 1. The molecule has 26 heavy (non-hydrogen) atoms. The summed E-state index contributed by atoms with van der Waals surface area (Å²) in [4.78, 5) is 27.0. The van der Waals surface area contributed by atoms with E-state index in [2.05, 4.69) is 15.5 Å². The van der Waals surface area contributed by atoms with E-state index in [9.17, 15) is 9.59 Å². The Hall–Kier alpha value is -0.810. The first-order valence-electron chi connectivity index (χ1n) is 10.4. The van der Waals surface area contributed by atoms with Gasteiger partial charge in [-0.15, -0.1) is 12.4 Å². The number of likely N-dealkylation sites (tertiary alicyclic amines) is 1. The van der Waals surface area contributed by atoms with Crippen LogP contribution in [0.5, 0.6) is 0 Å². The summed E-state index contributed by atoms with van der Waals surface area (Å²) in [6.07, 6.45) is 10.6. The van der Waals surface area contributed by atoms with E-state index in [0.717, 1.165) is 51.7 Å². The van der Waals surface area contributed by atoms with Gasteiger partial charge < -0.3 is 15.5 Å². The van der Waals surface area contributed by atoms with Crippen molar-refractivity contribution < 1.29 is 9.59 Å². The van der Waals surface area contributed by atoms with E-state index < -0.39 is 0 Å². The zero-order chi connectivity index (χ0) is 17.6. The number of rotatable bonds is 6. The normalized spacial score (nSPS) is 29.4. The standard InChI is InChI=1S/C20H35N3O2.ClH/c1-21-13-16-10-11-23(14-16)20(25)17-6-8-18(9-7-17)22-19(24)12-15-4-2-3-5-15;/h15-18,21H,2-14H2,1H3,(H,22,24);1H. The van der Waals surface area contributed by atoms with Crippen LogP contribution in [0.15, 0.2) is 0 Å². The number of amides is 2. The molecule has 2 aliphatic carbocycles. The third-order valence-electron chi connectivity index (χ3n) is 6.48. The minimum Gasteiger partial charge on any atom is -0.353 e. The molecule has 2 N–H and O–H groups in total. The third kappa shape index (κ3) is 5.85. The van der Waals surface area contributed by atoms with Crippen molar-refractivity contribution in [3.8, 4) is 0 Å². The van der Waals surface area contributed by atoms with Crippen LogP contribution in [0.2, 0.25) is 0 Å². The van der Waals surface area contributed by atoms with Crippen molar-refractivity contribution in [2.24, 2.45) is 17.8 Å². The first kappa shape index (κ1) is 21.5. The average Bonchev–Trinajstić information content (AvgIpc) is 3.27. The van der Waals surface area contributed by atoms with Gasteiger partial charge in [-0.3, -0.25) is 9.59 Å². The van der Waals surface area contributed by atoms with E-state index in [1.165, 1.54) is 25.7 Å². The predicted octanol–water partition coefficient (Wildman–Crippen LogP) is 2.73. The molecule has 5 nitrogen and oxygen atoms in total. The smallest absolute Gasteiger partial charge is 0.225 e. The Kier molecular flexibility index (Phi) is 8.68. The molecular weight excluding hydrogens is 350 g/mol. The summed E-state index contributed by atoms with van der Waals surface area (Å²) in [5.74, 6) is 1.99. The van der Waals surface area contributed by atoms with E-state index in [-0.39, 0.29) is 30.3 Å². The maximum absolute atomic E-state index is 12.7. The summed E-state index contributed by atoms with van der Waals surface area (Å²) >= 11 is 0. The molecule has 1 unspecified atom stereocenters. The SMILES string of the molecule is CNCC1CCN(C(=O)C2CCC(NC(=O)CC3CCCC3)CC2)C1.Cl. The summed E-state index contributed by atoms with van der Waals surface area (Å²) in [5, 5.41) is 6.45. The van der Waals surface area contributed by atoms with Crippen LogP contribution in [-0.2, 0) is 9.59 Å². The lowest BCUT2D eigenvalue weighted by molar-refractivity contribution is -0.135. The van der Waals surface area contributed by atoms with Crippen molar-refractivity contribution in [3.63, 3.8) is 0 Å². The molecule has 3 fully saturated rings. The molecule has 3 rings (SSSR count). The van der Waals surface area contributed by atoms with Crippen molar-refractivity contribution in [2.45, 2.75) is 70.3 Å². The number of nitrogens with one attached hydrogen (secondary N) is 2. The molecule has 2 amide bonds. The van der Waals surface area contributed by atoms with Crippen LogP contribution in [-0.4, -0.2) is 49.4 Å². The summed E-state index contributed by atoms with van der Waals surface area (Å²) in [7, 11) is 1.98. The van der Waals surface area contributed by atoms with Gasteiger partial charge in [-0.25, -0.2) is 0 Å². The number of hydrogen-bond donors (Lipinski definition) is 2. The zero-order valence-electron chi connectivity index (χ0n) is 16.2. The Balaban J connectivity index is 0.00000243. The topological polar surface area (TPSA) is 61.4 Å². The fourth-order valence-corrected chi connectivity index (χ4v) is 4.99. The Morgan fingerprint density at radius 2 is 1.65 bits per heavy atom. The molecule has 1 saturated heterocycles. The van der Waals surface area contributed by atoms with Crippen molar-refractivity contribution in [1.82, 2.24) is 15.5 Å². The number of nitrogens with zero attached hydrogens (tertiary/aromatic N) is 1. The highest BCUT2D eigenvalue weighted by Crippen LogP contribution is 2.30. The molecule has 1 atom stereocenters. The van der Waals surface area contributed by atoms with Gasteiger partial charge in [0.05, 0.1) is 0 Å². The first-order valence-corrected chi connectivity index (χ1v) is 10.4. The van der Waals surface area contributed by atoms with E-state index in [1.54, 1.807) is 0 Å². The zero-order valence-corrected chi connectivity index (χ0v) is 17.0.